The van der Waals surface area contributed by atoms with Crippen LogP contribution in [0.4, 0.5) is 4.79 Å². The highest BCUT2D eigenvalue weighted by molar-refractivity contribution is 6.38. The van der Waals surface area contributed by atoms with E-state index in [9.17, 15) is 19.2 Å². The number of halogens is 1. The highest BCUT2D eigenvalue weighted by Crippen LogP contribution is 2.12. The number of nitrogens with one attached hydrogen (secondary N) is 3. The van der Waals surface area contributed by atoms with Gasteiger partial charge in [0.2, 0.25) is 11.7 Å². The second kappa shape index (κ2) is 13.3. The van der Waals surface area contributed by atoms with Gasteiger partial charge in [0.25, 0.3) is 5.91 Å². The summed E-state index contributed by atoms with van der Waals surface area (Å²) >= 11 is 5.92. The van der Waals surface area contributed by atoms with Gasteiger partial charge in [0.05, 0.1) is 0 Å². The van der Waals surface area contributed by atoms with Crippen LogP contribution in [0.15, 0.2) is 54.6 Å². The molecule has 0 aliphatic rings. The fraction of sp³-hybridized carbons (Fsp3) is 0.360. The zero-order valence-corrected chi connectivity index (χ0v) is 20.2. The maximum absolute atomic E-state index is 13.0. The number of Topliss-reactive ketones (excluding diaryl/α,β-unsaturated/α-hetero) is 1. The third-order valence-electron chi connectivity index (χ3n) is 4.98. The van der Waals surface area contributed by atoms with Crippen molar-refractivity contribution in [3.05, 3.63) is 70.7 Å². The van der Waals surface area contributed by atoms with E-state index >= 15 is 0 Å². The minimum atomic E-state index is -1.12. The van der Waals surface area contributed by atoms with E-state index in [0.29, 0.717) is 10.6 Å². The van der Waals surface area contributed by atoms with Crippen LogP contribution in [0.2, 0.25) is 5.02 Å². The number of alkyl carbamates (subject to hydrolysis) is 1. The lowest BCUT2D eigenvalue weighted by Crippen LogP contribution is -2.56. The molecular weight excluding hydrogens is 458 g/mol. The van der Waals surface area contributed by atoms with Crippen molar-refractivity contribution in [2.45, 2.75) is 45.9 Å². The molecule has 0 aliphatic heterocycles. The molecule has 0 heterocycles. The molecule has 8 nitrogen and oxygen atoms in total. The molecule has 0 bridgehead atoms. The number of rotatable bonds is 11. The predicted molar refractivity (Wildman–Crippen MR) is 129 cm³/mol. The van der Waals surface area contributed by atoms with Crippen molar-refractivity contribution in [1.29, 1.82) is 0 Å². The molecule has 9 heteroatoms. The average Bonchev–Trinajstić information content (AvgIpc) is 2.82. The van der Waals surface area contributed by atoms with Gasteiger partial charge in [0.1, 0.15) is 18.7 Å². The van der Waals surface area contributed by atoms with E-state index in [4.69, 9.17) is 16.3 Å². The Bertz CT molecular complexity index is 980. The van der Waals surface area contributed by atoms with Crippen LogP contribution in [0, 0.1) is 5.92 Å². The van der Waals surface area contributed by atoms with Crippen LogP contribution in [0.3, 0.4) is 0 Å². The molecule has 2 atom stereocenters. The van der Waals surface area contributed by atoms with E-state index < -0.39 is 35.8 Å². The van der Waals surface area contributed by atoms with Crippen LogP contribution in [0.1, 0.15) is 31.9 Å². The molecular formula is C25H30ClN3O5. The van der Waals surface area contributed by atoms with Crippen LogP contribution in [-0.2, 0) is 32.1 Å². The van der Waals surface area contributed by atoms with E-state index in [1.807, 2.05) is 30.3 Å². The summed E-state index contributed by atoms with van der Waals surface area (Å²) in [4.78, 5) is 50.3. The third-order valence-corrected chi connectivity index (χ3v) is 5.23. The van der Waals surface area contributed by atoms with E-state index in [1.165, 1.54) is 0 Å². The molecule has 0 aromatic heterocycles. The Balaban J connectivity index is 2.10. The van der Waals surface area contributed by atoms with Crippen molar-refractivity contribution < 1.29 is 23.9 Å². The Kier molecular flexibility index (Phi) is 10.5. The largest absolute Gasteiger partial charge is 0.445 e. The maximum atomic E-state index is 13.0. The first-order chi connectivity index (χ1) is 16.2. The van der Waals surface area contributed by atoms with Crippen LogP contribution >= 0.6 is 11.6 Å². The number of likely N-dealkylation sites (N-methyl/N-ethyl adjacent to an activating group) is 1. The van der Waals surface area contributed by atoms with Gasteiger partial charge in [-0.3, -0.25) is 14.4 Å². The van der Waals surface area contributed by atoms with Crippen molar-refractivity contribution in [2.24, 2.45) is 5.92 Å². The zero-order chi connectivity index (χ0) is 25.1. The molecule has 2 rings (SSSR count). The molecule has 2 aromatic carbocycles. The van der Waals surface area contributed by atoms with Crippen molar-refractivity contribution in [3.8, 4) is 0 Å². The molecule has 0 unspecified atom stereocenters. The fourth-order valence-corrected chi connectivity index (χ4v) is 3.29. The summed E-state index contributed by atoms with van der Waals surface area (Å²) in [6, 6.07) is 13.8. The molecule has 0 radical (unpaired) electrons. The first-order valence-corrected chi connectivity index (χ1v) is 11.4. The first kappa shape index (κ1) is 26.9. The highest BCUT2D eigenvalue weighted by Gasteiger charge is 2.31. The molecule has 34 heavy (non-hydrogen) atoms. The summed E-state index contributed by atoms with van der Waals surface area (Å²) in [5.41, 5.74) is 1.52. The molecule has 0 saturated heterocycles. The number of ether oxygens (including phenoxy) is 1. The molecule has 0 spiro atoms. The minimum Gasteiger partial charge on any atom is -0.445 e. The second-order valence-electron chi connectivity index (χ2n) is 8.04. The Morgan fingerprint density at radius 3 is 2.15 bits per heavy atom. The number of benzene rings is 2. The lowest BCUT2D eigenvalue weighted by molar-refractivity contribution is -0.140. The van der Waals surface area contributed by atoms with Gasteiger partial charge in [-0.2, -0.15) is 0 Å². The normalized spacial score (nSPS) is 12.4. The number of amides is 3. The van der Waals surface area contributed by atoms with E-state index in [2.05, 4.69) is 16.0 Å². The molecule has 3 N–H and O–H groups in total. The van der Waals surface area contributed by atoms with E-state index in [1.54, 1.807) is 45.0 Å². The van der Waals surface area contributed by atoms with Gasteiger partial charge in [-0.05, 0) is 36.1 Å². The summed E-state index contributed by atoms with van der Waals surface area (Å²) in [6.07, 6.45) is -0.677. The van der Waals surface area contributed by atoms with E-state index in [-0.39, 0.29) is 25.5 Å². The summed E-state index contributed by atoms with van der Waals surface area (Å²) in [5, 5.41) is 8.17. The van der Waals surface area contributed by atoms with Crippen molar-refractivity contribution in [3.63, 3.8) is 0 Å². The van der Waals surface area contributed by atoms with E-state index in [0.717, 1.165) is 5.56 Å². The van der Waals surface area contributed by atoms with Crippen molar-refractivity contribution >= 4 is 35.3 Å². The Morgan fingerprint density at radius 2 is 1.56 bits per heavy atom. The Morgan fingerprint density at radius 1 is 0.912 bits per heavy atom. The number of ketones is 1. The summed E-state index contributed by atoms with van der Waals surface area (Å²) in [7, 11) is 0. The molecule has 0 aliphatic carbocycles. The number of carbonyl (C=O) groups is 4. The van der Waals surface area contributed by atoms with Gasteiger partial charge in [-0.15, -0.1) is 0 Å². The van der Waals surface area contributed by atoms with Gasteiger partial charge in [-0.1, -0.05) is 67.9 Å². The van der Waals surface area contributed by atoms with Crippen LogP contribution < -0.4 is 16.0 Å². The Labute approximate surface area is 204 Å². The summed E-state index contributed by atoms with van der Waals surface area (Å²) < 4.78 is 5.21. The third kappa shape index (κ3) is 8.51. The minimum absolute atomic E-state index is 0.0496. The van der Waals surface area contributed by atoms with Gasteiger partial charge in [-0.25, -0.2) is 4.79 Å². The number of hydrogen-bond acceptors (Lipinski definition) is 5. The molecule has 0 fully saturated rings. The second-order valence-corrected chi connectivity index (χ2v) is 8.48. The van der Waals surface area contributed by atoms with Crippen LogP contribution in [-0.4, -0.2) is 42.3 Å². The van der Waals surface area contributed by atoms with Gasteiger partial charge in [0.15, 0.2) is 0 Å². The van der Waals surface area contributed by atoms with Gasteiger partial charge < -0.3 is 20.7 Å². The molecule has 0 saturated carbocycles. The first-order valence-electron chi connectivity index (χ1n) is 11.0. The lowest BCUT2D eigenvalue weighted by Gasteiger charge is -2.24. The van der Waals surface area contributed by atoms with Crippen molar-refractivity contribution in [2.75, 3.05) is 6.54 Å². The molecule has 3 amide bonds. The topological polar surface area (TPSA) is 114 Å². The SMILES string of the molecule is CCNC(=O)C(=O)[C@H](Cc1ccc(Cl)cc1)NC(=O)[C@@H](NC(=O)OCc1ccccc1)C(C)C. The molecule has 182 valence electrons. The number of carbonyl (C=O) groups excluding carboxylic acids is 4. The standard InChI is InChI=1S/C25H30ClN3O5/c1-4-27-24(32)22(30)20(14-17-10-12-19(26)13-11-17)28-23(31)21(16(2)3)29-25(33)34-15-18-8-6-5-7-9-18/h5-13,16,20-21H,4,14-15H2,1-3H3,(H,27,32)(H,28,31)(H,29,33)/t20-,21-/m0/s1. The quantitative estimate of drug-likeness (QED) is 0.421. The lowest BCUT2D eigenvalue weighted by atomic mass is 9.99. The fourth-order valence-electron chi connectivity index (χ4n) is 3.16. The number of hydrogen-bond donors (Lipinski definition) is 3. The maximum Gasteiger partial charge on any atom is 0.408 e. The summed E-state index contributed by atoms with van der Waals surface area (Å²) in [6.45, 7) is 5.52. The smallest absolute Gasteiger partial charge is 0.408 e. The average molecular weight is 488 g/mol. The van der Waals surface area contributed by atoms with Gasteiger partial charge in [0, 0.05) is 18.0 Å². The highest BCUT2D eigenvalue weighted by atomic mass is 35.5. The monoisotopic (exact) mass is 487 g/mol. The predicted octanol–water partition coefficient (Wildman–Crippen LogP) is 3.02. The zero-order valence-electron chi connectivity index (χ0n) is 19.5. The summed E-state index contributed by atoms with van der Waals surface area (Å²) in [5.74, 6) is -2.47. The van der Waals surface area contributed by atoms with Crippen LogP contribution in [0.5, 0.6) is 0 Å². The molecule has 2 aromatic rings. The Hall–Kier alpha value is -3.39. The van der Waals surface area contributed by atoms with Crippen LogP contribution in [0.25, 0.3) is 0 Å². The van der Waals surface area contributed by atoms with Crippen molar-refractivity contribution in [1.82, 2.24) is 16.0 Å². The van der Waals surface area contributed by atoms with Gasteiger partial charge >= 0.3 is 6.09 Å².